The third-order valence-electron chi connectivity index (χ3n) is 2.42. The standard InChI is InChI=1S/C13H15IN2O4/c14-9-5-1-2-6-10(9)15-13(20)16-11(17)7-3-4-8-12(18)19/h1-2,5-6H,3-4,7-8H2,(H,18,19)(H2,15,16,17,20). The van der Waals surface area contributed by atoms with Crippen LogP contribution in [-0.2, 0) is 9.59 Å². The number of carboxylic acid groups (broad SMARTS) is 1. The fraction of sp³-hybridized carbons (Fsp3) is 0.308. The van der Waals surface area contributed by atoms with Crippen molar-refractivity contribution in [3.63, 3.8) is 0 Å². The maximum absolute atomic E-state index is 11.6. The number of anilines is 1. The Morgan fingerprint density at radius 2 is 1.75 bits per heavy atom. The summed E-state index contributed by atoms with van der Waals surface area (Å²) in [6.07, 6.45) is 1.02. The zero-order valence-corrected chi connectivity index (χ0v) is 12.8. The lowest BCUT2D eigenvalue weighted by molar-refractivity contribution is -0.137. The van der Waals surface area contributed by atoms with Gasteiger partial charge in [-0.15, -0.1) is 0 Å². The molecule has 1 aromatic rings. The Kier molecular flexibility index (Phi) is 6.99. The monoisotopic (exact) mass is 390 g/mol. The van der Waals surface area contributed by atoms with Crippen molar-refractivity contribution in [1.29, 1.82) is 0 Å². The van der Waals surface area contributed by atoms with E-state index in [0.29, 0.717) is 18.5 Å². The van der Waals surface area contributed by atoms with Crippen LogP contribution in [-0.4, -0.2) is 23.0 Å². The SMILES string of the molecule is O=C(O)CCCCC(=O)NC(=O)Nc1ccccc1I. The van der Waals surface area contributed by atoms with Gasteiger partial charge in [0.2, 0.25) is 5.91 Å². The molecule has 0 radical (unpaired) electrons. The molecule has 0 fully saturated rings. The molecule has 0 aliphatic carbocycles. The largest absolute Gasteiger partial charge is 0.481 e. The van der Waals surface area contributed by atoms with Crippen LogP contribution in [0.4, 0.5) is 10.5 Å². The molecule has 0 spiro atoms. The highest BCUT2D eigenvalue weighted by molar-refractivity contribution is 14.1. The normalized spacial score (nSPS) is 9.85. The van der Waals surface area contributed by atoms with Crippen LogP contribution in [0.25, 0.3) is 0 Å². The van der Waals surface area contributed by atoms with Crippen molar-refractivity contribution in [3.8, 4) is 0 Å². The molecule has 0 aliphatic heterocycles. The van der Waals surface area contributed by atoms with Gasteiger partial charge in [-0.05, 0) is 47.6 Å². The molecule has 0 bridgehead atoms. The molecule has 0 aromatic heterocycles. The number of unbranched alkanes of at least 4 members (excludes halogenated alkanes) is 1. The second kappa shape index (κ2) is 8.51. The van der Waals surface area contributed by atoms with Gasteiger partial charge in [0.15, 0.2) is 0 Å². The van der Waals surface area contributed by atoms with E-state index >= 15 is 0 Å². The van der Waals surface area contributed by atoms with E-state index in [1.165, 1.54) is 0 Å². The second-order valence-electron chi connectivity index (χ2n) is 4.08. The van der Waals surface area contributed by atoms with Crippen LogP contribution >= 0.6 is 22.6 Å². The Balaban J connectivity index is 2.30. The van der Waals surface area contributed by atoms with E-state index in [0.717, 1.165) is 3.57 Å². The zero-order chi connectivity index (χ0) is 15.0. The number of imide groups is 1. The summed E-state index contributed by atoms with van der Waals surface area (Å²) in [7, 11) is 0. The number of urea groups is 1. The van der Waals surface area contributed by atoms with E-state index < -0.39 is 17.9 Å². The third kappa shape index (κ3) is 6.50. The number of halogens is 1. The van der Waals surface area contributed by atoms with Crippen molar-refractivity contribution >= 4 is 46.2 Å². The summed E-state index contributed by atoms with van der Waals surface area (Å²) in [4.78, 5) is 33.3. The van der Waals surface area contributed by atoms with Crippen LogP contribution in [0.1, 0.15) is 25.7 Å². The van der Waals surface area contributed by atoms with Crippen LogP contribution in [0.3, 0.4) is 0 Å². The molecule has 108 valence electrons. The van der Waals surface area contributed by atoms with Gasteiger partial charge in [-0.1, -0.05) is 12.1 Å². The highest BCUT2D eigenvalue weighted by Crippen LogP contribution is 2.16. The Hall–Kier alpha value is -1.64. The van der Waals surface area contributed by atoms with Crippen molar-refractivity contribution in [3.05, 3.63) is 27.8 Å². The molecule has 0 unspecified atom stereocenters. The van der Waals surface area contributed by atoms with E-state index in [-0.39, 0.29) is 12.8 Å². The first-order chi connectivity index (χ1) is 9.49. The summed E-state index contributed by atoms with van der Waals surface area (Å²) >= 11 is 2.08. The first-order valence-electron chi connectivity index (χ1n) is 6.06. The molecule has 6 nitrogen and oxygen atoms in total. The second-order valence-corrected chi connectivity index (χ2v) is 5.25. The number of hydrogen-bond acceptors (Lipinski definition) is 3. The molecule has 0 atom stereocenters. The first-order valence-corrected chi connectivity index (χ1v) is 7.14. The van der Waals surface area contributed by atoms with Gasteiger partial charge in [0.1, 0.15) is 0 Å². The molecule has 0 aliphatic rings. The lowest BCUT2D eigenvalue weighted by Crippen LogP contribution is -2.34. The Bertz CT molecular complexity index is 505. The number of carboxylic acids is 1. The first kappa shape index (κ1) is 16.4. The van der Waals surface area contributed by atoms with Gasteiger partial charge in [0, 0.05) is 16.4 Å². The Labute approximate surface area is 130 Å². The van der Waals surface area contributed by atoms with Crippen LogP contribution in [0.2, 0.25) is 0 Å². The summed E-state index contributed by atoms with van der Waals surface area (Å²) in [5, 5.41) is 13.2. The van der Waals surface area contributed by atoms with Gasteiger partial charge in [-0.3, -0.25) is 14.9 Å². The molecule has 1 aromatic carbocycles. The molecular weight excluding hydrogens is 375 g/mol. The molecule has 3 N–H and O–H groups in total. The zero-order valence-electron chi connectivity index (χ0n) is 10.7. The molecule has 7 heteroatoms. The van der Waals surface area contributed by atoms with Crippen LogP contribution < -0.4 is 10.6 Å². The van der Waals surface area contributed by atoms with E-state index in [1.807, 2.05) is 12.1 Å². The number of nitrogens with one attached hydrogen (secondary N) is 2. The minimum absolute atomic E-state index is 0.0295. The van der Waals surface area contributed by atoms with E-state index in [4.69, 9.17) is 5.11 Å². The van der Waals surface area contributed by atoms with Crippen molar-refractivity contribution in [2.24, 2.45) is 0 Å². The summed E-state index contributed by atoms with van der Waals surface area (Å²) in [6, 6.07) is 6.62. The van der Waals surface area contributed by atoms with Gasteiger partial charge in [0.05, 0.1) is 5.69 Å². The minimum Gasteiger partial charge on any atom is -0.481 e. The lowest BCUT2D eigenvalue weighted by Gasteiger charge is -2.08. The molecule has 3 amide bonds. The van der Waals surface area contributed by atoms with Gasteiger partial charge in [-0.25, -0.2) is 4.79 Å². The third-order valence-corrected chi connectivity index (χ3v) is 3.36. The number of para-hydroxylation sites is 1. The molecule has 0 heterocycles. The van der Waals surface area contributed by atoms with Gasteiger partial charge < -0.3 is 10.4 Å². The van der Waals surface area contributed by atoms with Crippen molar-refractivity contribution in [2.45, 2.75) is 25.7 Å². The lowest BCUT2D eigenvalue weighted by atomic mass is 10.2. The van der Waals surface area contributed by atoms with Gasteiger partial charge in [-0.2, -0.15) is 0 Å². The fourth-order valence-corrected chi connectivity index (χ4v) is 1.99. The molecule has 0 saturated heterocycles. The molecular formula is C13H15IN2O4. The van der Waals surface area contributed by atoms with E-state index in [9.17, 15) is 14.4 Å². The predicted octanol–water partition coefficient (Wildman–Crippen LogP) is 2.58. The highest BCUT2D eigenvalue weighted by atomic mass is 127. The Morgan fingerprint density at radius 3 is 2.40 bits per heavy atom. The van der Waals surface area contributed by atoms with Crippen LogP contribution in [0, 0.1) is 3.57 Å². The smallest absolute Gasteiger partial charge is 0.325 e. The average Bonchev–Trinajstić information content (AvgIpc) is 2.37. The maximum Gasteiger partial charge on any atom is 0.325 e. The molecule has 20 heavy (non-hydrogen) atoms. The average molecular weight is 390 g/mol. The van der Waals surface area contributed by atoms with E-state index in [2.05, 4.69) is 33.2 Å². The van der Waals surface area contributed by atoms with Crippen LogP contribution in [0.15, 0.2) is 24.3 Å². The number of carbonyl (C=O) groups excluding carboxylic acids is 2. The number of aliphatic carboxylic acids is 1. The number of benzene rings is 1. The summed E-state index contributed by atoms with van der Waals surface area (Å²) in [5.74, 6) is -1.30. The van der Waals surface area contributed by atoms with E-state index in [1.54, 1.807) is 12.1 Å². The van der Waals surface area contributed by atoms with Crippen molar-refractivity contribution < 1.29 is 19.5 Å². The minimum atomic E-state index is -0.887. The molecule has 0 saturated carbocycles. The number of rotatable bonds is 6. The van der Waals surface area contributed by atoms with Crippen molar-refractivity contribution in [2.75, 3.05) is 5.32 Å². The number of amides is 3. The maximum atomic E-state index is 11.6. The number of carbonyl (C=O) groups is 3. The summed E-state index contributed by atoms with van der Waals surface area (Å²) in [5.41, 5.74) is 0.629. The predicted molar refractivity (Wildman–Crippen MR) is 82.4 cm³/mol. The molecule has 1 rings (SSSR count). The number of hydrogen-bond donors (Lipinski definition) is 3. The fourth-order valence-electron chi connectivity index (χ4n) is 1.47. The summed E-state index contributed by atoms with van der Waals surface area (Å²) in [6.45, 7) is 0. The van der Waals surface area contributed by atoms with Gasteiger partial charge in [0.25, 0.3) is 0 Å². The highest BCUT2D eigenvalue weighted by Gasteiger charge is 2.09. The van der Waals surface area contributed by atoms with Crippen LogP contribution in [0.5, 0.6) is 0 Å². The quantitative estimate of drug-likeness (QED) is 0.514. The van der Waals surface area contributed by atoms with Crippen molar-refractivity contribution in [1.82, 2.24) is 5.32 Å². The Morgan fingerprint density at radius 1 is 1.10 bits per heavy atom. The summed E-state index contributed by atoms with van der Waals surface area (Å²) < 4.78 is 0.870. The topological polar surface area (TPSA) is 95.5 Å². The van der Waals surface area contributed by atoms with Gasteiger partial charge >= 0.3 is 12.0 Å².